The lowest BCUT2D eigenvalue weighted by molar-refractivity contribution is 0.0940. The maximum atomic E-state index is 12.2. The van der Waals surface area contributed by atoms with E-state index in [9.17, 15) is 9.59 Å². The number of primary amides is 1. The first kappa shape index (κ1) is 15.1. The van der Waals surface area contributed by atoms with E-state index in [1.54, 1.807) is 12.1 Å². The third kappa shape index (κ3) is 3.04. The summed E-state index contributed by atoms with van der Waals surface area (Å²) in [6.45, 7) is 2.01. The summed E-state index contributed by atoms with van der Waals surface area (Å²) < 4.78 is 4.91. The van der Waals surface area contributed by atoms with E-state index in [4.69, 9.17) is 21.9 Å². The predicted octanol–water partition coefficient (Wildman–Crippen LogP) is 2.15. The molecular formula is C15H13ClN4O3. The molecule has 2 aromatic heterocycles. The molecule has 0 spiro atoms. The van der Waals surface area contributed by atoms with Crippen molar-refractivity contribution < 1.29 is 14.1 Å². The number of carbonyl (C=O) groups is 2. The van der Waals surface area contributed by atoms with Crippen molar-refractivity contribution in [3.8, 4) is 0 Å². The standard InChI is InChI=1S/C15H13ClN4O3/c1-7-2-8(16)3-11-10(7)5-13(19-11)15(22)18-6-9-4-12(14(17)21)20-23-9/h2-5,19H,6H2,1H3,(H2,17,21)(H,18,22). The van der Waals surface area contributed by atoms with Gasteiger partial charge in [0.05, 0.1) is 6.54 Å². The minimum atomic E-state index is -0.686. The monoisotopic (exact) mass is 332 g/mol. The van der Waals surface area contributed by atoms with Crippen molar-refractivity contribution in [2.75, 3.05) is 0 Å². The molecule has 0 aliphatic carbocycles. The Bertz CT molecular complexity index is 913. The van der Waals surface area contributed by atoms with Gasteiger partial charge in [0.25, 0.3) is 11.8 Å². The number of H-pyrrole nitrogens is 1. The predicted molar refractivity (Wildman–Crippen MR) is 84.2 cm³/mol. The number of nitrogens with zero attached hydrogens (tertiary/aromatic N) is 1. The summed E-state index contributed by atoms with van der Waals surface area (Å²) in [7, 11) is 0. The smallest absolute Gasteiger partial charge is 0.270 e. The van der Waals surface area contributed by atoms with Crippen molar-refractivity contribution in [2.45, 2.75) is 13.5 Å². The summed E-state index contributed by atoms with van der Waals surface area (Å²) in [4.78, 5) is 26.1. The number of benzene rings is 1. The first-order valence-corrected chi connectivity index (χ1v) is 7.14. The summed E-state index contributed by atoms with van der Waals surface area (Å²) in [5.74, 6) is -0.662. The minimum absolute atomic E-state index is 0.0186. The second-order valence-electron chi connectivity index (χ2n) is 5.09. The fourth-order valence-electron chi connectivity index (χ4n) is 2.27. The number of carbonyl (C=O) groups excluding carboxylic acids is 2. The highest BCUT2D eigenvalue weighted by Gasteiger charge is 2.13. The van der Waals surface area contributed by atoms with Crippen LogP contribution in [0.25, 0.3) is 10.9 Å². The van der Waals surface area contributed by atoms with Crippen LogP contribution in [-0.2, 0) is 6.54 Å². The molecular weight excluding hydrogens is 320 g/mol. The molecule has 1 aromatic carbocycles. The molecule has 0 atom stereocenters. The largest absolute Gasteiger partial charge is 0.364 e. The highest BCUT2D eigenvalue weighted by molar-refractivity contribution is 6.31. The SMILES string of the molecule is Cc1cc(Cl)cc2[nH]c(C(=O)NCc3cc(C(N)=O)no3)cc12. The number of hydrogen-bond acceptors (Lipinski definition) is 4. The molecule has 2 amide bonds. The van der Waals surface area contributed by atoms with Crippen LogP contribution in [0, 0.1) is 6.92 Å². The number of aromatic amines is 1. The van der Waals surface area contributed by atoms with Crippen molar-refractivity contribution in [1.82, 2.24) is 15.5 Å². The van der Waals surface area contributed by atoms with Crippen LogP contribution in [0.15, 0.2) is 28.8 Å². The molecule has 8 heteroatoms. The normalized spacial score (nSPS) is 10.9. The maximum Gasteiger partial charge on any atom is 0.270 e. The quantitative estimate of drug-likeness (QED) is 0.679. The number of aryl methyl sites for hydroxylation is 1. The van der Waals surface area contributed by atoms with Crippen molar-refractivity contribution in [1.29, 1.82) is 0 Å². The van der Waals surface area contributed by atoms with Gasteiger partial charge in [0.2, 0.25) is 0 Å². The molecule has 0 saturated heterocycles. The molecule has 0 bridgehead atoms. The maximum absolute atomic E-state index is 12.2. The molecule has 0 radical (unpaired) electrons. The minimum Gasteiger partial charge on any atom is -0.364 e. The van der Waals surface area contributed by atoms with Crippen LogP contribution < -0.4 is 11.1 Å². The van der Waals surface area contributed by atoms with Gasteiger partial charge in [0.1, 0.15) is 5.69 Å². The molecule has 0 aliphatic heterocycles. The zero-order valence-corrected chi connectivity index (χ0v) is 12.9. The number of rotatable bonds is 4. The van der Waals surface area contributed by atoms with E-state index < -0.39 is 5.91 Å². The molecule has 4 N–H and O–H groups in total. The highest BCUT2D eigenvalue weighted by Crippen LogP contribution is 2.24. The molecule has 3 aromatic rings. The van der Waals surface area contributed by atoms with Crippen LogP contribution in [0.1, 0.15) is 32.3 Å². The first-order valence-electron chi connectivity index (χ1n) is 6.76. The second kappa shape index (κ2) is 5.77. The van der Waals surface area contributed by atoms with Gasteiger partial charge in [-0.05, 0) is 30.7 Å². The van der Waals surface area contributed by atoms with Crippen LogP contribution in [0.3, 0.4) is 0 Å². The summed E-state index contributed by atoms with van der Waals surface area (Å²) in [5.41, 5.74) is 7.26. The number of fused-ring (bicyclic) bond motifs is 1. The zero-order valence-electron chi connectivity index (χ0n) is 12.1. The average molecular weight is 333 g/mol. The van der Waals surface area contributed by atoms with Crippen LogP contribution in [0.4, 0.5) is 0 Å². The topological polar surface area (TPSA) is 114 Å². The van der Waals surface area contributed by atoms with E-state index in [2.05, 4.69) is 15.5 Å². The summed E-state index contributed by atoms with van der Waals surface area (Å²) >= 11 is 6.00. The van der Waals surface area contributed by atoms with Gasteiger partial charge in [-0.3, -0.25) is 9.59 Å². The summed E-state index contributed by atoms with van der Waals surface area (Å²) in [6.07, 6.45) is 0. The fraction of sp³-hybridized carbons (Fsp3) is 0.133. The Morgan fingerprint density at radius 3 is 2.83 bits per heavy atom. The van der Waals surface area contributed by atoms with Gasteiger partial charge < -0.3 is 20.6 Å². The highest BCUT2D eigenvalue weighted by atomic mass is 35.5. The van der Waals surface area contributed by atoms with E-state index in [-0.39, 0.29) is 18.1 Å². The Kier molecular flexibility index (Phi) is 3.79. The van der Waals surface area contributed by atoms with Gasteiger partial charge in [-0.1, -0.05) is 16.8 Å². The van der Waals surface area contributed by atoms with Gasteiger partial charge in [-0.2, -0.15) is 0 Å². The van der Waals surface area contributed by atoms with Crippen molar-refractivity contribution in [3.05, 3.63) is 52.0 Å². The average Bonchev–Trinajstić information content (AvgIpc) is 3.11. The van der Waals surface area contributed by atoms with E-state index in [0.29, 0.717) is 16.5 Å². The van der Waals surface area contributed by atoms with Crippen LogP contribution in [-0.4, -0.2) is 22.0 Å². The van der Waals surface area contributed by atoms with E-state index in [1.165, 1.54) is 6.07 Å². The van der Waals surface area contributed by atoms with Gasteiger partial charge in [-0.25, -0.2) is 0 Å². The van der Waals surface area contributed by atoms with Crippen molar-refractivity contribution in [2.24, 2.45) is 5.73 Å². The Morgan fingerprint density at radius 2 is 2.13 bits per heavy atom. The zero-order chi connectivity index (χ0) is 16.6. The molecule has 2 heterocycles. The van der Waals surface area contributed by atoms with Crippen LogP contribution >= 0.6 is 11.6 Å². The Morgan fingerprint density at radius 1 is 1.35 bits per heavy atom. The lowest BCUT2D eigenvalue weighted by Gasteiger charge is -1.99. The number of hydrogen-bond donors (Lipinski definition) is 3. The molecule has 7 nitrogen and oxygen atoms in total. The van der Waals surface area contributed by atoms with Crippen molar-refractivity contribution in [3.63, 3.8) is 0 Å². The molecule has 0 fully saturated rings. The van der Waals surface area contributed by atoms with Gasteiger partial charge in [0.15, 0.2) is 11.5 Å². The van der Waals surface area contributed by atoms with E-state index in [1.807, 2.05) is 13.0 Å². The summed E-state index contributed by atoms with van der Waals surface area (Å²) in [5, 5.41) is 7.70. The third-order valence-electron chi connectivity index (χ3n) is 3.39. The van der Waals surface area contributed by atoms with Crippen molar-refractivity contribution >= 4 is 34.3 Å². The van der Waals surface area contributed by atoms with Crippen LogP contribution in [0.5, 0.6) is 0 Å². The van der Waals surface area contributed by atoms with Gasteiger partial charge in [0, 0.05) is 22.0 Å². The number of halogens is 1. The number of nitrogens with two attached hydrogens (primary N) is 1. The van der Waals surface area contributed by atoms with E-state index in [0.717, 1.165) is 16.5 Å². The molecule has 0 saturated carbocycles. The molecule has 118 valence electrons. The molecule has 23 heavy (non-hydrogen) atoms. The second-order valence-corrected chi connectivity index (χ2v) is 5.53. The van der Waals surface area contributed by atoms with Gasteiger partial charge in [-0.15, -0.1) is 0 Å². The Labute approximate surface area is 135 Å². The number of aromatic nitrogens is 2. The van der Waals surface area contributed by atoms with Crippen LogP contribution in [0.2, 0.25) is 5.02 Å². The summed E-state index contributed by atoms with van der Waals surface area (Å²) in [6, 6.07) is 6.73. The Balaban J connectivity index is 1.75. The number of amides is 2. The van der Waals surface area contributed by atoms with E-state index >= 15 is 0 Å². The fourth-order valence-corrected chi connectivity index (χ4v) is 2.54. The Hall–Kier alpha value is -2.80. The molecule has 0 unspecified atom stereocenters. The molecule has 0 aliphatic rings. The number of nitrogens with one attached hydrogen (secondary N) is 2. The third-order valence-corrected chi connectivity index (χ3v) is 3.61. The molecule has 3 rings (SSSR count). The lowest BCUT2D eigenvalue weighted by atomic mass is 10.1. The lowest BCUT2D eigenvalue weighted by Crippen LogP contribution is -2.22. The van der Waals surface area contributed by atoms with Gasteiger partial charge >= 0.3 is 0 Å². The first-order chi connectivity index (χ1) is 10.9.